The molecule has 2 rings (SSSR count). The van der Waals surface area contributed by atoms with Crippen LogP contribution in [0.25, 0.3) is 0 Å². The number of nitrogens with zero attached hydrogens (tertiary/aromatic N) is 3. The molecule has 0 aliphatic heterocycles. The van der Waals surface area contributed by atoms with E-state index >= 15 is 0 Å². The number of nitrogens with one attached hydrogen (secondary N) is 3. The van der Waals surface area contributed by atoms with Crippen LogP contribution in [-0.4, -0.2) is 35.2 Å². The second-order valence-corrected chi connectivity index (χ2v) is 5.00. The molecule has 1 aromatic heterocycles. The Hall–Kier alpha value is -2.31. The van der Waals surface area contributed by atoms with Crippen molar-refractivity contribution in [3.05, 3.63) is 47.5 Å². The first-order chi connectivity index (χ1) is 11.9. The SMILES string of the molecule is CN=C(NCC(=O)Nc1ccc(F)c(F)c1F)NCc1ccnn1C.I. The van der Waals surface area contributed by atoms with Gasteiger partial charge in [0.1, 0.15) is 0 Å². The summed E-state index contributed by atoms with van der Waals surface area (Å²) >= 11 is 0. The summed E-state index contributed by atoms with van der Waals surface area (Å²) < 4.78 is 41.2. The Bertz CT molecular complexity index is 796. The van der Waals surface area contributed by atoms with Crippen molar-refractivity contribution in [2.75, 3.05) is 18.9 Å². The van der Waals surface area contributed by atoms with Crippen LogP contribution in [-0.2, 0) is 18.4 Å². The molecule has 7 nitrogen and oxygen atoms in total. The number of carbonyl (C=O) groups is 1. The Morgan fingerprint density at radius 3 is 2.54 bits per heavy atom. The van der Waals surface area contributed by atoms with E-state index in [9.17, 15) is 18.0 Å². The number of aliphatic imine (C=N–C) groups is 1. The van der Waals surface area contributed by atoms with Gasteiger partial charge in [-0.25, -0.2) is 13.2 Å². The summed E-state index contributed by atoms with van der Waals surface area (Å²) in [4.78, 5) is 15.8. The van der Waals surface area contributed by atoms with Crippen molar-refractivity contribution in [1.29, 1.82) is 0 Å². The second-order valence-electron chi connectivity index (χ2n) is 5.00. The van der Waals surface area contributed by atoms with Crippen LogP contribution in [0.4, 0.5) is 18.9 Å². The number of carbonyl (C=O) groups excluding carboxylic acids is 1. The highest BCUT2D eigenvalue weighted by Gasteiger charge is 2.15. The maximum atomic E-state index is 13.5. The number of benzene rings is 1. The molecule has 1 heterocycles. The molecule has 0 aliphatic carbocycles. The topological polar surface area (TPSA) is 83.3 Å². The van der Waals surface area contributed by atoms with Gasteiger partial charge in [0.2, 0.25) is 5.91 Å². The normalized spacial score (nSPS) is 10.9. The molecular formula is C15H18F3IN6O. The number of rotatable bonds is 5. The van der Waals surface area contributed by atoms with Crippen LogP contribution in [0, 0.1) is 17.5 Å². The highest BCUT2D eigenvalue weighted by Crippen LogP contribution is 2.19. The third-order valence-electron chi connectivity index (χ3n) is 3.31. The number of hydrogen-bond acceptors (Lipinski definition) is 3. The Balaban J connectivity index is 0.00000338. The average molecular weight is 482 g/mol. The molecule has 0 atom stereocenters. The van der Waals surface area contributed by atoms with Crippen molar-refractivity contribution >= 4 is 41.5 Å². The number of aryl methyl sites for hydroxylation is 1. The van der Waals surface area contributed by atoms with Crippen molar-refractivity contribution in [3.8, 4) is 0 Å². The van der Waals surface area contributed by atoms with E-state index in [4.69, 9.17) is 0 Å². The van der Waals surface area contributed by atoms with E-state index in [2.05, 4.69) is 26.0 Å². The zero-order chi connectivity index (χ0) is 18.4. The molecule has 0 spiro atoms. The van der Waals surface area contributed by atoms with Crippen molar-refractivity contribution in [2.24, 2.45) is 12.0 Å². The minimum atomic E-state index is -1.64. The molecule has 0 unspecified atom stereocenters. The average Bonchev–Trinajstić information content (AvgIpc) is 3.00. The van der Waals surface area contributed by atoms with Gasteiger partial charge in [0.25, 0.3) is 0 Å². The minimum Gasteiger partial charge on any atom is -0.351 e. The zero-order valence-corrected chi connectivity index (χ0v) is 16.3. The van der Waals surface area contributed by atoms with Crippen LogP contribution in [0.1, 0.15) is 5.69 Å². The smallest absolute Gasteiger partial charge is 0.243 e. The first-order valence-electron chi connectivity index (χ1n) is 7.27. The fourth-order valence-electron chi connectivity index (χ4n) is 1.95. The molecular weight excluding hydrogens is 464 g/mol. The number of anilines is 1. The number of amides is 1. The summed E-state index contributed by atoms with van der Waals surface area (Å²) in [5, 5.41) is 11.9. The molecule has 0 saturated carbocycles. The van der Waals surface area contributed by atoms with E-state index in [1.54, 1.807) is 17.9 Å². The molecule has 1 aromatic carbocycles. The third-order valence-corrected chi connectivity index (χ3v) is 3.31. The molecule has 1 amide bonds. The predicted molar refractivity (Wildman–Crippen MR) is 102 cm³/mol. The van der Waals surface area contributed by atoms with Gasteiger partial charge in [-0.3, -0.25) is 14.5 Å². The van der Waals surface area contributed by atoms with E-state index in [0.717, 1.165) is 17.8 Å². The lowest BCUT2D eigenvalue weighted by Crippen LogP contribution is -2.41. The molecule has 0 radical (unpaired) electrons. The van der Waals surface area contributed by atoms with E-state index in [0.29, 0.717) is 12.5 Å². The largest absolute Gasteiger partial charge is 0.351 e. The summed E-state index contributed by atoms with van der Waals surface area (Å²) in [5.74, 6) is -4.73. The van der Waals surface area contributed by atoms with Gasteiger partial charge in [0.15, 0.2) is 23.4 Å². The number of halogens is 4. The summed E-state index contributed by atoms with van der Waals surface area (Å²) in [6.07, 6.45) is 1.65. The molecule has 11 heteroatoms. The van der Waals surface area contributed by atoms with Crippen LogP contribution < -0.4 is 16.0 Å². The quantitative estimate of drug-likeness (QED) is 0.263. The van der Waals surface area contributed by atoms with E-state index in [1.165, 1.54) is 7.05 Å². The third kappa shape index (κ3) is 5.61. The van der Waals surface area contributed by atoms with E-state index in [1.807, 2.05) is 6.07 Å². The summed E-state index contributed by atoms with van der Waals surface area (Å²) in [5.41, 5.74) is 0.458. The van der Waals surface area contributed by atoms with Gasteiger partial charge in [-0.05, 0) is 18.2 Å². The number of hydrogen-bond donors (Lipinski definition) is 3. The summed E-state index contributed by atoms with van der Waals surface area (Å²) in [7, 11) is 3.31. The van der Waals surface area contributed by atoms with Crippen molar-refractivity contribution in [2.45, 2.75) is 6.54 Å². The van der Waals surface area contributed by atoms with Gasteiger partial charge in [0.05, 0.1) is 24.5 Å². The number of guanidine groups is 1. The lowest BCUT2D eigenvalue weighted by Gasteiger charge is -2.12. The first-order valence-corrected chi connectivity index (χ1v) is 7.27. The van der Waals surface area contributed by atoms with Gasteiger partial charge in [-0.2, -0.15) is 5.10 Å². The molecule has 0 fully saturated rings. The fourth-order valence-corrected chi connectivity index (χ4v) is 1.95. The van der Waals surface area contributed by atoms with Crippen LogP contribution in [0.5, 0.6) is 0 Å². The standard InChI is InChI=1S/C15H17F3N6O.HI/c1-19-15(20-7-9-5-6-22-24(9)2)21-8-12(25)23-11-4-3-10(16)13(17)14(11)18;/h3-6H,7-8H2,1-2H3,(H,23,25)(H2,19,20,21);1H. The highest BCUT2D eigenvalue weighted by atomic mass is 127. The van der Waals surface area contributed by atoms with Crippen molar-refractivity contribution in [3.63, 3.8) is 0 Å². The maximum Gasteiger partial charge on any atom is 0.243 e. The van der Waals surface area contributed by atoms with E-state index in [-0.39, 0.29) is 30.5 Å². The molecule has 0 aliphatic rings. The lowest BCUT2D eigenvalue weighted by molar-refractivity contribution is -0.115. The Morgan fingerprint density at radius 1 is 1.19 bits per heavy atom. The minimum absolute atomic E-state index is 0. The van der Waals surface area contributed by atoms with Gasteiger partial charge >= 0.3 is 0 Å². The monoisotopic (exact) mass is 482 g/mol. The predicted octanol–water partition coefficient (Wildman–Crippen LogP) is 1.76. The van der Waals surface area contributed by atoms with Crippen LogP contribution in [0.15, 0.2) is 29.4 Å². The zero-order valence-electron chi connectivity index (χ0n) is 14.0. The Kier molecular flexibility index (Phi) is 8.35. The van der Waals surface area contributed by atoms with Crippen LogP contribution in [0.2, 0.25) is 0 Å². The van der Waals surface area contributed by atoms with Gasteiger partial charge < -0.3 is 16.0 Å². The summed E-state index contributed by atoms with van der Waals surface area (Å²) in [6.45, 7) is 0.180. The van der Waals surface area contributed by atoms with Gasteiger partial charge in [-0.15, -0.1) is 24.0 Å². The van der Waals surface area contributed by atoms with Crippen molar-refractivity contribution in [1.82, 2.24) is 20.4 Å². The Morgan fingerprint density at radius 2 is 1.92 bits per heavy atom. The molecule has 142 valence electrons. The first kappa shape index (κ1) is 21.7. The molecule has 2 aromatic rings. The lowest BCUT2D eigenvalue weighted by atomic mass is 10.2. The van der Waals surface area contributed by atoms with E-state index < -0.39 is 29.0 Å². The molecule has 0 bridgehead atoms. The highest BCUT2D eigenvalue weighted by molar-refractivity contribution is 14.0. The Labute approximate surface area is 165 Å². The maximum absolute atomic E-state index is 13.5. The number of aromatic nitrogens is 2. The van der Waals surface area contributed by atoms with Gasteiger partial charge in [-0.1, -0.05) is 0 Å². The second kappa shape index (κ2) is 9.99. The molecule has 26 heavy (non-hydrogen) atoms. The van der Waals surface area contributed by atoms with Gasteiger partial charge in [0, 0.05) is 20.3 Å². The summed E-state index contributed by atoms with van der Waals surface area (Å²) in [6, 6.07) is 3.50. The molecule has 0 saturated heterocycles. The molecule has 3 N–H and O–H groups in total. The van der Waals surface area contributed by atoms with Crippen LogP contribution >= 0.6 is 24.0 Å². The fraction of sp³-hybridized carbons (Fsp3) is 0.267. The van der Waals surface area contributed by atoms with Crippen LogP contribution in [0.3, 0.4) is 0 Å². The van der Waals surface area contributed by atoms with Crippen molar-refractivity contribution < 1.29 is 18.0 Å².